The third-order valence-corrected chi connectivity index (χ3v) is 2.04. The van der Waals surface area contributed by atoms with E-state index in [9.17, 15) is 0 Å². The Labute approximate surface area is 94.9 Å². The lowest BCUT2D eigenvalue weighted by atomic mass is 10.1. The highest BCUT2D eigenvalue weighted by molar-refractivity contribution is 5.45. The van der Waals surface area contributed by atoms with Crippen molar-refractivity contribution in [2.75, 3.05) is 0 Å². The first kappa shape index (κ1) is 11.9. The number of nitriles is 2. The van der Waals surface area contributed by atoms with Gasteiger partial charge in [-0.15, -0.1) is 0 Å². The van der Waals surface area contributed by atoms with Crippen molar-refractivity contribution in [2.45, 2.75) is 25.8 Å². The summed E-state index contributed by atoms with van der Waals surface area (Å²) in [6.07, 6.45) is 1.94. The molecule has 1 aromatic carbocycles. The molecule has 0 saturated carbocycles. The van der Waals surface area contributed by atoms with Crippen LogP contribution in [0, 0.1) is 22.7 Å². The third-order valence-electron chi connectivity index (χ3n) is 2.04. The molecule has 0 fully saturated rings. The zero-order chi connectivity index (χ0) is 11.8. The van der Waals surface area contributed by atoms with E-state index in [4.69, 9.17) is 10.5 Å². The topological polar surface area (TPSA) is 72.3 Å². The second kappa shape index (κ2) is 6.31. The van der Waals surface area contributed by atoms with Crippen LogP contribution in [0.15, 0.2) is 34.5 Å². The molecule has 0 bridgehead atoms. The van der Waals surface area contributed by atoms with Gasteiger partial charge < -0.3 is 0 Å². The molecule has 1 rings (SSSR count). The van der Waals surface area contributed by atoms with Crippen molar-refractivity contribution in [1.29, 1.82) is 10.5 Å². The van der Waals surface area contributed by atoms with Crippen LogP contribution >= 0.6 is 0 Å². The number of benzene rings is 1. The van der Waals surface area contributed by atoms with Gasteiger partial charge in [0.2, 0.25) is 6.04 Å². The maximum absolute atomic E-state index is 8.55. The maximum atomic E-state index is 8.55. The second-order valence-electron chi connectivity index (χ2n) is 3.25. The van der Waals surface area contributed by atoms with Gasteiger partial charge in [-0.2, -0.15) is 20.8 Å². The summed E-state index contributed by atoms with van der Waals surface area (Å²) in [5, 5.41) is 24.7. The summed E-state index contributed by atoms with van der Waals surface area (Å²) < 4.78 is 0. The van der Waals surface area contributed by atoms with Gasteiger partial charge in [0.1, 0.15) is 12.1 Å². The van der Waals surface area contributed by atoms with E-state index in [2.05, 4.69) is 17.2 Å². The highest BCUT2D eigenvalue weighted by Gasteiger charge is 2.03. The fourth-order valence-corrected chi connectivity index (χ4v) is 1.29. The van der Waals surface area contributed by atoms with E-state index in [1.807, 2.05) is 24.3 Å². The minimum Gasteiger partial charge on any atom is -0.195 e. The molecule has 0 spiro atoms. The quantitative estimate of drug-likeness (QED) is 0.719. The van der Waals surface area contributed by atoms with E-state index in [-0.39, 0.29) is 0 Å². The zero-order valence-electron chi connectivity index (χ0n) is 9.09. The number of aryl methyl sites for hydroxylation is 1. The third kappa shape index (κ3) is 3.18. The Morgan fingerprint density at radius 1 is 1.25 bits per heavy atom. The highest BCUT2D eigenvalue weighted by atomic mass is 15.1. The first-order chi connectivity index (χ1) is 7.81. The van der Waals surface area contributed by atoms with Crippen molar-refractivity contribution < 1.29 is 0 Å². The van der Waals surface area contributed by atoms with Gasteiger partial charge in [0.25, 0.3) is 0 Å². The molecule has 1 aromatic rings. The largest absolute Gasteiger partial charge is 0.242 e. The predicted molar refractivity (Wildman–Crippen MR) is 60.0 cm³/mol. The predicted octanol–water partition coefficient (Wildman–Crippen LogP) is 3.14. The summed E-state index contributed by atoms with van der Waals surface area (Å²) in [6.45, 7) is 2.08. The standard InChI is InChI=1S/C12H12N4/c1-2-5-10-6-3-4-7-12(10)16-15-11(8-13)9-14/h3-4,6-7,11H,2,5H2,1H3. The Hall–Kier alpha value is -2.20. The Morgan fingerprint density at radius 2 is 1.94 bits per heavy atom. The van der Waals surface area contributed by atoms with Crippen LogP contribution < -0.4 is 0 Å². The molecule has 4 heteroatoms. The average Bonchev–Trinajstić information content (AvgIpc) is 2.33. The Kier molecular flexibility index (Phi) is 4.69. The van der Waals surface area contributed by atoms with Crippen LogP contribution in [-0.4, -0.2) is 6.04 Å². The van der Waals surface area contributed by atoms with Gasteiger partial charge in [0.05, 0.1) is 5.69 Å². The summed E-state index contributed by atoms with van der Waals surface area (Å²) in [7, 11) is 0. The molecule has 0 aliphatic rings. The zero-order valence-corrected chi connectivity index (χ0v) is 9.09. The van der Waals surface area contributed by atoms with Crippen molar-refractivity contribution in [1.82, 2.24) is 0 Å². The molecule has 0 aromatic heterocycles. The van der Waals surface area contributed by atoms with Crippen molar-refractivity contribution in [3.63, 3.8) is 0 Å². The van der Waals surface area contributed by atoms with Crippen LogP contribution in [0.3, 0.4) is 0 Å². The van der Waals surface area contributed by atoms with Gasteiger partial charge in [-0.05, 0) is 18.1 Å². The summed E-state index contributed by atoms with van der Waals surface area (Å²) >= 11 is 0. The number of rotatable bonds is 4. The van der Waals surface area contributed by atoms with Crippen LogP contribution in [0.1, 0.15) is 18.9 Å². The van der Waals surface area contributed by atoms with E-state index in [1.54, 1.807) is 12.1 Å². The average molecular weight is 212 g/mol. The number of nitrogens with zero attached hydrogens (tertiary/aromatic N) is 4. The van der Waals surface area contributed by atoms with Gasteiger partial charge in [-0.25, -0.2) is 0 Å². The molecule has 0 saturated heterocycles. The second-order valence-corrected chi connectivity index (χ2v) is 3.25. The van der Waals surface area contributed by atoms with Crippen LogP contribution in [0.4, 0.5) is 5.69 Å². The maximum Gasteiger partial charge on any atom is 0.242 e. The van der Waals surface area contributed by atoms with Crippen molar-refractivity contribution in [2.24, 2.45) is 10.2 Å². The van der Waals surface area contributed by atoms with E-state index >= 15 is 0 Å². The molecule has 0 atom stereocenters. The SMILES string of the molecule is CCCc1ccccc1N=NC(C#N)C#N. The summed E-state index contributed by atoms with van der Waals surface area (Å²) in [6, 6.07) is 10.1. The number of hydrogen-bond acceptors (Lipinski definition) is 4. The first-order valence-corrected chi connectivity index (χ1v) is 5.09. The molecule has 4 nitrogen and oxygen atoms in total. The molecule has 16 heavy (non-hydrogen) atoms. The lowest BCUT2D eigenvalue weighted by Gasteiger charge is -2.01. The minimum atomic E-state index is -1.02. The highest BCUT2D eigenvalue weighted by Crippen LogP contribution is 2.20. The molecule has 0 radical (unpaired) electrons. The molecule has 80 valence electrons. The number of azo groups is 1. The summed E-state index contributed by atoms with van der Waals surface area (Å²) in [4.78, 5) is 0. The van der Waals surface area contributed by atoms with Crippen LogP contribution in [0.25, 0.3) is 0 Å². The van der Waals surface area contributed by atoms with Gasteiger partial charge >= 0.3 is 0 Å². The van der Waals surface area contributed by atoms with Crippen molar-refractivity contribution >= 4 is 5.69 Å². The van der Waals surface area contributed by atoms with Gasteiger partial charge in [-0.3, -0.25) is 0 Å². The van der Waals surface area contributed by atoms with E-state index in [0.717, 1.165) is 24.1 Å². The van der Waals surface area contributed by atoms with Crippen LogP contribution in [-0.2, 0) is 6.42 Å². The Bertz CT molecular complexity index is 437. The van der Waals surface area contributed by atoms with E-state index in [1.165, 1.54) is 0 Å². The molecular formula is C12H12N4. The molecule has 0 amide bonds. The van der Waals surface area contributed by atoms with Gasteiger partial charge in [0, 0.05) is 0 Å². The lowest BCUT2D eigenvalue weighted by Crippen LogP contribution is -1.93. The monoisotopic (exact) mass is 212 g/mol. The van der Waals surface area contributed by atoms with Crippen LogP contribution in [0.5, 0.6) is 0 Å². The Balaban J connectivity index is 2.89. The molecule has 0 N–H and O–H groups in total. The fraction of sp³-hybridized carbons (Fsp3) is 0.333. The van der Waals surface area contributed by atoms with Crippen molar-refractivity contribution in [3.05, 3.63) is 29.8 Å². The summed E-state index contributed by atoms with van der Waals surface area (Å²) in [5.41, 5.74) is 1.82. The first-order valence-electron chi connectivity index (χ1n) is 5.09. The van der Waals surface area contributed by atoms with Crippen LogP contribution in [0.2, 0.25) is 0 Å². The molecular weight excluding hydrogens is 200 g/mol. The molecule has 0 aliphatic carbocycles. The molecule has 0 aliphatic heterocycles. The van der Waals surface area contributed by atoms with E-state index < -0.39 is 6.04 Å². The van der Waals surface area contributed by atoms with Gasteiger partial charge in [0.15, 0.2) is 0 Å². The number of hydrogen-bond donors (Lipinski definition) is 0. The summed E-state index contributed by atoms with van der Waals surface area (Å²) in [5.74, 6) is 0. The van der Waals surface area contributed by atoms with Crippen molar-refractivity contribution in [3.8, 4) is 12.1 Å². The fourth-order valence-electron chi connectivity index (χ4n) is 1.29. The van der Waals surface area contributed by atoms with Gasteiger partial charge in [-0.1, -0.05) is 31.5 Å². The lowest BCUT2D eigenvalue weighted by molar-refractivity contribution is 0.903. The minimum absolute atomic E-state index is 0.736. The normalized spacial score (nSPS) is 10.2. The van der Waals surface area contributed by atoms with E-state index in [0.29, 0.717) is 0 Å². The smallest absolute Gasteiger partial charge is 0.195 e. The molecule has 0 unspecified atom stereocenters. The Morgan fingerprint density at radius 3 is 2.56 bits per heavy atom. The molecule has 0 heterocycles.